The lowest BCUT2D eigenvalue weighted by Gasteiger charge is -2.12. The molecule has 0 aliphatic heterocycles. The summed E-state index contributed by atoms with van der Waals surface area (Å²) in [4.78, 5) is 23.9. The monoisotopic (exact) mass is 441 g/mol. The number of hydrogen-bond donors (Lipinski definition) is 4. The number of Topliss-reactive ketones (excluding diaryl/α,β-unsaturated/α-hetero) is 1. The average Bonchev–Trinajstić information content (AvgIpc) is 3.16. The van der Waals surface area contributed by atoms with Gasteiger partial charge in [0.25, 0.3) is 0 Å². The normalized spacial score (nSPS) is 17.4. The molecule has 0 heterocycles. The zero-order valence-electron chi connectivity index (χ0n) is 18.5. The van der Waals surface area contributed by atoms with Gasteiger partial charge in [0.2, 0.25) is 5.91 Å². The number of aliphatic hydroxyl groups is 3. The number of aliphatic hydroxyl groups excluding tert-OH is 3. The van der Waals surface area contributed by atoms with Crippen LogP contribution in [0.15, 0.2) is 66.3 Å². The van der Waals surface area contributed by atoms with Gasteiger partial charge in [-0.15, -0.1) is 0 Å². The second-order valence-corrected chi connectivity index (χ2v) is 8.11. The van der Waals surface area contributed by atoms with Crippen LogP contribution < -0.4 is 5.32 Å². The third kappa shape index (κ3) is 9.30. The van der Waals surface area contributed by atoms with Crippen LogP contribution in [0, 0.1) is 5.92 Å². The molecule has 2 atom stereocenters. The van der Waals surface area contributed by atoms with E-state index >= 15 is 0 Å². The Bertz CT molecular complexity index is 796. The molecular weight excluding hydrogens is 406 g/mol. The van der Waals surface area contributed by atoms with Crippen molar-refractivity contribution in [2.45, 2.75) is 57.1 Å². The molecule has 32 heavy (non-hydrogen) atoms. The van der Waals surface area contributed by atoms with Crippen molar-refractivity contribution in [3.05, 3.63) is 71.8 Å². The van der Waals surface area contributed by atoms with Crippen molar-refractivity contribution < 1.29 is 24.9 Å². The van der Waals surface area contributed by atoms with Crippen molar-refractivity contribution in [2.75, 3.05) is 13.2 Å². The first-order valence-corrected chi connectivity index (χ1v) is 11.3. The molecule has 0 aromatic heterocycles. The van der Waals surface area contributed by atoms with Gasteiger partial charge in [0, 0.05) is 18.8 Å². The van der Waals surface area contributed by atoms with Gasteiger partial charge in [-0.1, -0.05) is 60.7 Å². The molecule has 0 radical (unpaired) electrons. The molecular formula is C26H35NO5. The summed E-state index contributed by atoms with van der Waals surface area (Å²) in [6.07, 6.45) is 13.1. The topological polar surface area (TPSA) is 107 Å². The summed E-state index contributed by atoms with van der Waals surface area (Å²) < 4.78 is 0. The first-order chi connectivity index (χ1) is 15.5. The highest BCUT2D eigenvalue weighted by Gasteiger charge is 2.24. The van der Waals surface area contributed by atoms with E-state index in [9.17, 15) is 14.7 Å². The molecule has 1 aromatic carbocycles. The van der Waals surface area contributed by atoms with E-state index in [1.807, 2.05) is 54.6 Å². The van der Waals surface area contributed by atoms with Crippen LogP contribution >= 0.6 is 0 Å². The number of benzene rings is 1. The number of amides is 1. The number of allylic oxidation sites excluding steroid dienone is 5. The van der Waals surface area contributed by atoms with Crippen LogP contribution in [0.4, 0.5) is 0 Å². The SMILES string of the molecule is O=C(CCC/C=C\C[C@H]1C(=O)CC=C1/C=C/[C@@H](O)CCc1ccccc1)NC(CO)CO. The molecule has 1 aromatic rings. The lowest BCUT2D eigenvalue weighted by molar-refractivity contribution is -0.122. The van der Waals surface area contributed by atoms with Gasteiger partial charge in [-0.05, 0) is 43.2 Å². The first-order valence-electron chi connectivity index (χ1n) is 11.3. The number of carbonyl (C=O) groups excluding carboxylic acids is 2. The highest BCUT2D eigenvalue weighted by atomic mass is 16.3. The van der Waals surface area contributed by atoms with Gasteiger partial charge in [0.1, 0.15) is 5.78 Å². The maximum atomic E-state index is 12.2. The fourth-order valence-corrected chi connectivity index (χ4v) is 3.60. The van der Waals surface area contributed by atoms with Crippen molar-refractivity contribution >= 4 is 11.7 Å². The van der Waals surface area contributed by atoms with Crippen LogP contribution in [0.25, 0.3) is 0 Å². The van der Waals surface area contributed by atoms with E-state index < -0.39 is 12.1 Å². The molecule has 0 bridgehead atoms. The van der Waals surface area contributed by atoms with E-state index in [1.165, 1.54) is 5.56 Å². The van der Waals surface area contributed by atoms with Crippen molar-refractivity contribution in [2.24, 2.45) is 5.92 Å². The van der Waals surface area contributed by atoms with Crippen molar-refractivity contribution in [1.29, 1.82) is 0 Å². The number of rotatable bonds is 14. The lowest BCUT2D eigenvalue weighted by Crippen LogP contribution is -2.39. The number of hydrogen-bond acceptors (Lipinski definition) is 5. The maximum absolute atomic E-state index is 12.2. The van der Waals surface area contributed by atoms with E-state index in [1.54, 1.807) is 6.08 Å². The molecule has 0 saturated heterocycles. The highest BCUT2D eigenvalue weighted by Crippen LogP contribution is 2.27. The third-order valence-electron chi connectivity index (χ3n) is 5.53. The molecule has 2 rings (SSSR count). The summed E-state index contributed by atoms with van der Waals surface area (Å²) in [7, 11) is 0. The minimum atomic E-state index is -0.610. The fourth-order valence-electron chi connectivity index (χ4n) is 3.60. The van der Waals surface area contributed by atoms with Crippen molar-refractivity contribution in [3.8, 4) is 0 Å². The van der Waals surface area contributed by atoms with Gasteiger partial charge in [-0.3, -0.25) is 9.59 Å². The Morgan fingerprint density at radius 1 is 1.16 bits per heavy atom. The second-order valence-electron chi connectivity index (χ2n) is 8.11. The Hall–Kier alpha value is -2.54. The van der Waals surface area contributed by atoms with Gasteiger partial charge in [-0.25, -0.2) is 0 Å². The van der Waals surface area contributed by atoms with Crippen molar-refractivity contribution in [3.63, 3.8) is 0 Å². The van der Waals surface area contributed by atoms with Crippen LogP contribution in [0.5, 0.6) is 0 Å². The molecule has 1 aliphatic rings. The molecule has 6 nitrogen and oxygen atoms in total. The Morgan fingerprint density at radius 3 is 2.62 bits per heavy atom. The summed E-state index contributed by atoms with van der Waals surface area (Å²) in [6.45, 7) is -0.572. The smallest absolute Gasteiger partial charge is 0.220 e. The quantitative estimate of drug-likeness (QED) is 0.262. The molecule has 0 fully saturated rings. The van der Waals surface area contributed by atoms with Crippen LogP contribution in [-0.2, 0) is 16.0 Å². The van der Waals surface area contributed by atoms with Gasteiger partial charge in [0.05, 0.1) is 25.4 Å². The third-order valence-corrected chi connectivity index (χ3v) is 5.53. The molecule has 4 N–H and O–H groups in total. The van der Waals surface area contributed by atoms with Crippen LogP contribution in [0.1, 0.15) is 44.1 Å². The molecule has 174 valence electrons. The number of nitrogens with one attached hydrogen (secondary N) is 1. The summed E-state index contributed by atoms with van der Waals surface area (Å²) in [6, 6.07) is 9.43. The maximum Gasteiger partial charge on any atom is 0.220 e. The highest BCUT2D eigenvalue weighted by molar-refractivity contribution is 5.89. The first kappa shape index (κ1) is 25.7. The Balaban J connectivity index is 1.70. The predicted molar refractivity (Wildman–Crippen MR) is 125 cm³/mol. The van der Waals surface area contributed by atoms with E-state index in [0.717, 1.165) is 12.0 Å². The Morgan fingerprint density at radius 2 is 1.91 bits per heavy atom. The standard InChI is InChI=1S/C26H35NO5/c28-18-22(19-29)27-26(32)11-7-2-1-6-10-24-21(14-17-25(24)31)13-16-23(30)15-12-20-8-4-3-5-9-20/h1,3-6,8-9,13-14,16,22-24,28-30H,2,7,10-12,15,17-19H2,(H,27,32)/b6-1-,16-13+/t23-,24+/m0/s1. The van der Waals surface area contributed by atoms with E-state index in [0.29, 0.717) is 38.5 Å². The van der Waals surface area contributed by atoms with Crippen molar-refractivity contribution in [1.82, 2.24) is 5.32 Å². The molecule has 0 unspecified atom stereocenters. The lowest BCUT2D eigenvalue weighted by atomic mass is 9.95. The number of carbonyl (C=O) groups is 2. The fraction of sp³-hybridized carbons (Fsp3) is 0.462. The summed E-state index contributed by atoms with van der Waals surface area (Å²) in [5, 5.41) is 30.8. The van der Waals surface area contributed by atoms with Crippen LogP contribution in [0.3, 0.4) is 0 Å². The molecule has 6 heteroatoms. The van der Waals surface area contributed by atoms with Gasteiger partial charge in [0.15, 0.2) is 0 Å². The average molecular weight is 442 g/mol. The minimum absolute atomic E-state index is 0.179. The van der Waals surface area contributed by atoms with Crippen LogP contribution in [-0.4, -0.2) is 52.4 Å². The minimum Gasteiger partial charge on any atom is -0.394 e. The van der Waals surface area contributed by atoms with E-state index in [-0.39, 0.29) is 30.8 Å². The van der Waals surface area contributed by atoms with E-state index in [4.69, 9.17) is 10.2 Å². The second kappa shape index (κ2) is 14.5. The van der Waals surface area contributed by atoms with Gasteiger partial charge >= 0.3 is 0 Å². The Labute approximate surface area is 190 Å². The van der Waals surface area contributed by atoms with E-state index in [2.05, 4.69) is 5.32 Å². The zero-order valence-corrected chi connectivity index (χ0v) is 18.5. The predicted octanol–water partition coefficient (Wildman–Crippen LogP) is 2.64. The molecule has 0 saturated carbocycles. The number of ketones is 1. The van der Waals surface area contributed by atoms with Gasteiger partial charge < -0.3 is 20.6 Å². The molecule has 0 spiro atoms. The number of aryl methyl sites for hydroxylation is 1. The number of unbranched alkanes of at least 4 members (excludes halogenated alkanes) is 1. The summed E-state index contributed by atoms with van der Waals surface area (Å²) in [5.74, 6) is -0.188. The molecule has 1 amide bonds. The van der Waals surface area contributed by atoms with Crippen LogP contribution in [0.2, 0.25) is 0 Å². The largest absolute Gasteiger partial charge is 0.394 e. The summed E-state index contributed by atoms with van der Waals surface area (Å²) in [5.41, 5.74) is 2.15. The van der Waals surface area contributed by atoms with Gasteiger partial charge in [-0.2, -0.15) is 0 Å². The zero-order chi connectivity index (χ0) is 23.2. The molecule has 1 aliphatic carbocycles. The summed E-state index contributed by atoms with van der Waals surface area (Å²) >= 11 is 0. The Kier molecular flexibility index (Phi) is 11.7.